The molecule has 4 aromatic carbocycles. The van der Waals surface area contributed by atoms with E-state index in [2.05, 4.69) is 50.1 Å². The van der Waals surface area contributed by atoms with Gasteiger partial charge in [-0.3, -0.25) is 14.7 Å². The number of benzene rings is 4. The maximum absolute atomic E-state index is 12.6. The van der Waals surface area contributed by atoms with E-state index in [4.69, 9.17) is 15.2 Å². The zero-order valence-electron chi connectivity index (χ0n) is 29.6. The Morgan fingerprint density at radius 2 is 1.58 bits per heavy atom. The monoisotopic (exact) mass is 734 g/mol. The predicted octanol–water partition coefficient (Wildman–Crippen LogP) is 7.48. The lowest BCUT2D eigenvalue weighted by Gasteiger charge is -2.36. The first-order valence-electron chi connectivity index (χ1n) is 18.0. The number of para-hydroxylation sites is 2. The molecule has 0 spiro atoms. The van der Waals surface area contributed by atoms with Crippen molar-refractivity contribution in [2.75, 3.05) is 16.8 Å². The maximum atomic E-state index is 12.6. The largest absolute Gasteiger partial charge is 0.397 e. The van der Waals surface area contributed by atoms with Crippen LogP contribution in [-0.2, 0) is 32.2 Å². The van der Waals surface area contributed by atoms with Crippen LogP contribution in [-0.4, -0.2) is 44.0 Å². The molecule has 6 rings (SSSR count). The van der Waals surface area contributed by atoms with E-state index in [1.54, 1.807) is 23.9 Å². The highest BCUT2D eigenvalue weighted by atomic mass is 32.2. The number of hydrogen-bond acceptors (Lipinski definition) is 9. The van der Waals surface area contributed by atoms with Crippen LogP contribution < -0.4 is 16.4 Å². The summed E-state index contributed by atoms with van der Waals surface area (Å²) in [6, 6.07) is 31.5. The van der Waals surface area contributed by atoms with Gasteiger partial charge >= 0.3 is 0 Å². The molecular formula is C41H46N6O5S. The molecule has 3 atom stereocenters. The number of unbranched alkanes of at least 4 members (excludes halogenated alkanes) is 3. The van der Waals surface area contributed by atoms with Crippen molar-refractivity contribution in [2.45, 2.75) is 81.8 Å². The number of nitrogens with zero attached hydrogens (tertiary/aromatic N) is 2. The number of nitrogen functional groups attached to an aromatic ring is 1. The van der Waals surface area contributed by atoms with E-state index in [-0.39, 0.29) is 30.6 Å². The molecule has 3 unspecified atom stereocenters. The van der Waals surface area contributed by atoms with Crippen LogP contribution in [0.2, 0.25) is 0 Å². The second kappa shape index (κ2) is 19.2. The van der Waals surface area contributed by atoms with Gasteiger partial charge in [-0.15, -0.1) is 0 Å². The van der Waals surface area contributed by atoms with Gasteiger partial charge in [0.1, 0.15) is 6.33 Å². The van der Waals surface area contributed by atoms with Crippen molar-refractivity contribution in [3.05, 3.63) is 126 Å². The van der Waals surface area contributed by atoms with Crippen molar-refractivity contribution in [1.82, 2.24) is 20.5 Å². The number of aliphatic hydroxyl groups is 1. The van der Waals surface area contributed by atoms with Crippen LogP contribution in [0.15, 0.2) is 109 Å². The highest BCUT2D eigenvalue weighted by Gasteiger charge is 2.32. The molecule has 0 saturated carbocycles. The highest BCUT2D eigenvalue weighted by molar-refractivity contribution is 7.99. The molecule has 2 heterocycles. The molecule has 53 heavy (non-hydrogen) atoms. The molecule has 0 aliphatic carbocycles. The average Bonchev–Trinajstić information content (AvgIpc) is 3.73. The smallest absolute Gasteiger partial charge is 0.224 e. The Kier molecular flexibility index (Phi) is 13.7. The molecule has 1 aliphatic heterocycles. The molecule has 5 aromatic rings. The number of anilines is 2. The van der Waals surface area contributed by atoms with Crippen molar-refractivity contribution in [1.29, 1.82) is 0 Å². The lowest BCUT2D eigenvalue weighted by atomic mass is 9.99. The van der Waals surface area contributed by atoms with Gasteiger partial charge in [0, 0.05) is 37.1 Å². The minimum Gasteiger partial charge on any atom is -0.397 e. The van der Waals surface area contributed by atoms with Crippen molar-refractivity contribution >= 4 is 35.0 Å². The van der Waals surface area contributed by atoms with Gasteiger partial charge < -0.3 is 30.9 Å². The summed E-state index contributed by atoms with van der Waals surface area (Å²) in [5.41, 5.74) is 13.0. The number of nitrogens with two attached hydrogens (primary N) is 1. The van der Waals surface area contributed by atoms with Crippen LogP contribution in [0.25, 0.3) is 11.1 Å². The number of nitrogens with one attached hydrogen (secondary N) is 3. The molecule has 2 amide bonds. The Morgan fingerprint density at radius 1 is 0.830 bits per heavy atom. The van der Waals surface area contributed by atoms with E-state index in [0.717, 1.165) is 64.2 Å². The molecule has 1 fully saturated rings. The number of aromatic nitrogens is 3. The standard InChI is InChI=1S/C41H46N6O5S/c42-35-10-5-6-11-36(35)46-39(50)13-4-2-1-3-12-38(49)43-24-29-8-7-9-33(22-29)30-18-20-32(21-19-30)40-51-34(26-53-41-44-27-45-47-41)23-37(52-40)31-16-14-28(25-48)15-17-31/h5-11,14-22,27,34,37,40,48H,1-4,12-13,23-26,42H2,(H,43,49)(H,46,50)(H,44,45,47). The van der Waals surface area contributed by atoms with Crippen LogP contribution in [0.4, 0.5) is 11.4 Å². The number of amides is 2. The van der Waals surface area contributed by atoms with Gasteiger partial charge in [-0.2, -0.15) is 5.10 Å². The fourth-order valence-electron chi connectivity index (χ4n) is 6.19. The third kappa shape index (κ3) is 11.2. The Balaban J connectivity index is 0.968. The number of rotatable bonds is 17. The van der Waals surface area contributed by atoms with Crippen LogP contribution >= 0.6 is 11.8 Å². The molecule has 12 heteroatoms. The van der Waals surface area contributed by atoms with Gasteiger partial charge in [-0.25, -0.2) is 4.98 Å². The van der Waals surface area contributed by atoms with E-state index in [1.165, 1.54) is 6.33 Å². The molecule has 11 nitrogen and oxygen atoms in total. The maximum Gasteiger partial charge on any atom is 0.224 e. The number of thioether (sulfide) groups is 1. The van der Waals surface area contributed by atoms with Gasteiger partial charge in [-0.1, -0.05) is 103 Å². The normalized spacial score (nSPS) is 17.0. The van der Waals surface area contributed by atoms with E-state index in [9.17, 15) is 14.7 Å². The van der Waals surface area contributed by atoms with Crippen molar-refractivity contribution < 1.29 is 24.2 Å². The number of ether oxygens (including phenoxy) is 2. The van der Waals surface area contributed by atoms with Gasteiger partial charge in [0.05, 0.1) is 30.2 Å². The summed E-state index contributed by atoms with van der Waals surface area (Å²) in [6.45, 7) is 0.446. The van der Waals surface area contributed by atoms with Crippen LogP contribution in [0.1, 0.15) is 79.6 Å². The number of hydrogen-bond donors (Lipinski definition) is 5. The topological polar surface area (TPSA) is 164 Å². The summed E-state index contributed by atoms with van der Waals surface area (Å²) in [6.07, 6.45) is 5.55. The van der Waals surface area contributed by atoms with Gasteiger partial charge in [0.2, 0.25) is 11.8 Å². The lowest BCUT2D eigenvalue weighted by molar-refractivity contribution is -0.245. The number of aliphatic hydroxyl groups excluding tert-OH is 1. The molecule has 1 aromatic heterocycles. The molecule has 1 aliphatic rings. The van der Waals surface area contributed by atoms with Crippen molar-refractivity contribution in [2.24, 2.45) is 0 Å². The second-order valence-corrected chi connectivity index (χ2v) is 14.1. The summed E-state index contributed by atoms with van der Waals surface area (Å²) >= 11 is 1.56. The van der Waals surface area contributed by atoms with E-state index in [1.807, 2.05) is 60.7 Å². The second-order valence-electron chi connectivity index (χ2n) is 13.1. The van der Waals surface area contributed by atoms with E-state index in [0.29, 0.717) is 42.9 Å². The summed E-state index contributed by atoms with van der Waals surface area (Å²) in [7, 11) is 0. The average molecular weight is 735 g/mol. The minimum absolute atomic E-state index is 0.00389. The third-order valence-electron chi connectivity index (χ3n) is 9.14. The fourth-order valence-corrected chi connectivity index (χ4v) is 6.99. The molecule has 276 valence electrons. The summed E-state index contributed by atoms with van der Waals surface area (Å²) < 4.78 is 13.0. The summed E-state index contributed by atoms with van der Waals surface area (Å²) in [5, 5.41) is 23.0. The Labute approximate surface area is 314 Å². The Hall–Kier alpha value is -5.01. The first kappa shape index (κ1) is 37.7. The molecule has 0 radical (unpaired) electrons. The molecule has 6 N–H and O–H groups in total. The van der Waals surface area contributed by atoms with Crippen molar-refractivity contribution in [3.8, 4) is 11.1 Å². The Bertz CT molecular complexity index is 1910. The van der Waals surface area contributed by atoms with Gasteiger partial charge in [-0.05, 0) is 58.9 Å². The molecular weight excluding hydrogens is 689 g/mol. The zero-order valence-corrected chi connectivity index (χ0v) is 30.4. The number of aromatic amines is 1. The number of H-pyrrole nitrogens is 1. The summed E-state index contributed by atoms with van der Waals surface area (Å²) in [5.74, 6) is 0.656. The van der Waals surface area contributed by atoms with Gasteiger partial charge in [0.25, 0.3) is 0 Å². The van der Waals surface area contributed by atoms with Crippen molar-refractivity contribution in [3.63, 3.8) is 0 Å². The summed E-state index contributed by atoms with van der Waals surface area (Å²) in [4.78, 5) is 29.0. The SMILES string of the molecule is Nc1ccccc1NC(=O)CCCCCCC(=O)NCc1cccc(-c2ccc(C3OC(CSc4ncn[nH]4)CC(c4ccc(CO)cc4)O3)cc2)c1. The highest BCUT2D eigenvalue weighted by Crippen LogP contribution is 2.39. The number of carbonyl (C=O) groups excluding carboxylic acids is 2. The first-order valence-corrected chi connectivity index (χ1v) is 19.0. The predicted molar refractivity (Wildman–Crippen MR) is 206 cm³/mol. The third-order valence-corrected chi connectivity index (χ3v) is 10.1. The number of carbonyl (C=O) groups is 2. The van der Waals surface area contributed by atoms with Crippen LogP contribution in [0.5, 0.6) is 0 Å². The molecule has 0 bridgehead atoms. The van der Waals surface area contributed by atoms with E-state index < -0.39 is 6.29 Å². The van der Waals surface area contributed by atoms with Crippen LogP contribution in [0.3, 0.4) is 0 Å². The Morgan fingerprint density at radius 3 is 2.32 bits per heavy atom. The van der Waals surface area contributed by atoms with Gasteiger partial charge in [0.15, 0.2) is 11.4 Å². The minimum atomic E-state index is -0.554. The molecule has 1 saturated heterocycles. The van der Waals surface area contributed by atoms with E-state index >= 15 is 0 Å². The lowest BCUT2D eigenvalue weighted by Crippen LogP contribution is -2.31. The van der Waals surface area contributed by atoms with Crippen LogP contribution in [0, 0.1) is 0 Å². The first-order chi connectivity index (χ1) is 25.9. The fraction of sp³-hybridized carbons (Fsp3) is 0.317. The zero-order chi connectivity index (χ0) is 36.8. The quantitative estimate of drug-likeness (QED) is 0.0370.